The Hall–Kier alpha value is -1.20. The summed E-state index contributed by atoms with van der Waals surface area (Å²) < 4.78 is 21.6. The number of nitrogens with zero attached hydrogens (tertiary/aromatic N) is 3. The van der Waals surface area contributed by atoms with Crippen LogP contribution in [0.1, 0.15) is 0 Å². The van der Waals surface area contributed by atoms with Gasteiger partial charge in [-0.05, 0) is 4.99 Å². The Morgan fingerprint density at radius 3 is 2.64 bits per heavy atom. The largest absolute Gasteiger partial charge is 0.542 e. The highest BCUT2D eigenvalue weighted by Gasteiger charge is 2.28. The second-order valence-electron chi connectivity index (χ2n) is 2.05. The van der Waals surface area contributed by atoms with Gasteiger partial charge in [0.05, 0.1) is 0 Å². The normalized spacial score (nSPS) is 17.2. The molecule has 0 aliphatic carbocycles. The second-order valence-corrected chi connectivity index (χ2v) is 4.07. The Morgan fingerprint density at radius 2 is 2.36 bits per heavy atom. The number of rotatable bonds is 0. The van der Waals surface area contributed by atoms with Gasteiger partial charge >= 0.3 is 5.96 Å². The number of guanidine groups is 1. The van der Waals surface area contributed by atoms with Crippen LogP contribution < -0.4 is 5.32 Å². The second kappa shape index (κ2) is 2.44. The molecule has 6 nitrogen and oxygen atoms in total. The third kappa shape index (κ3) is 1.63. The molecule has 0 aromatic rings. The van der Waals surface area contributed by atoms with Crippen LogP contribution in [0.3, 0.4) is 0 Å². The van der Waals surface area contributed by atoms with Crippen LogP contribution in [0.25, 0.3) is 5.53 Å². The van der Waals surface area contributed by atoms with Crippen molar-refractivity contribution in [3.05, 3.63) is 5.53 Å². The minimum absolute atomic E-state index is 0.00898. The fraction of sp³-hybridized carbons (Fsp3) is 0.500. The van der Waals surface area contributed by atoms with Crippen LogP contribution in [0.15, 0.2) is 4.99 Å². The number of nitrogens with one attached hydrogen (secondary N) is 1. The Balaban J connectivity index is 3.06. The monoisotopic (exact) mass is 174 g/mol. The van der Waals surface area contributed by atoms with Crippen LogP contribution in [0, 0.1) is 0 Å². The highest BCUT2D eigenvalue weighted by atomic mass is 32.2. The number of aliphatic imine (C=N–C) groups is 1. The average Bonchev–Trinajstić information content (AvgIpc) is 2.32. The van der Waals surface area contributed by atoms with Gasteiger partial charge in [-0.15, -0.1) is 0 Å². The molecular weight excluding hydrogens is 168 g/mol. The molecule has 1 heterocycles. The van der Waals surface area contributed by atoms with Gasteiger partial charge in [0.15, 0.2) is 0 Å². The molecule has 1 aliphatic rings. The van der Waals surface area contributed by atoms with E-state index < -0.39 is 9.84 Å². The molecule has 0 unspecified atom stereocenters. The molecule has 7 heteroatoms. The summed E-state index contributed by atoms with van der Waals surface area (Å²) in [5.74, 6) is -0.0644. The lowest BCUT2D eigenvalue weighted by molar-refractivity contribution is -0.0109. The van der Waals surface area contributed by atoms with Gasteiger partial charge in [-0.3, -0.25) is 5.32 Å². The van der Waals surface area contributed by atoms with Gasteiger partial charge in [0.2, 0.25) is 14.9 Å². The van der Waals surface area contributed by atoms with Crippen LogP contribution in [-0.4, -0.2) is 37.0 Å². The summed E-state index contributed by atoms with van der Waals surface area (Å²) in [6, 6.07) is 0. The average molecular weight is 174 g/mol. The quantitative estimate of drug-likeness (QED) is 0.362. The molecule has 0 atom stereocenters. The van der Waals surface area contributed by atoms with Gasteiger partial charge < -0.3 is 10.3 Å². The van der Waals surface area contributed by atoms with Crippen molar-refractivity contribution in [2.24, 2.45) is 4.99 Å². The first-order valence-electron chi connectivity index (χ1n) is 2.77. The molecule has 60 valence electrons. The Morgan fingerprint density at radius 1 is 1.73 bits per heavy atom. The first kappa shape index (κ1) is 7.90. The lowest BCUT2D eigenvalue weighted by atomic mass is 10.7. The zero-order chi connectivity index (χ0) is 8.48. The van der Waals surface area contributed by atoms with E-state index in [-0.39, 0.29) is 17.5 Å². The van der Waals surface area contributed by atoms with Gasteiger partial charge in [0.1, 0.15) is 6.54 Å². The predicted octanol–water partition coefficient (Wildman–Crippen LogP) is -1.38. The topological polar surface area (TPSA) is 94.9 Å². The first-order chi connectivity index (χ1) is 5.04. The van der Waals surface area contributed by atoms with Gasteiger partial charge in [0.25, 0.3) is 0 Å². The van der Waals surface area contributed by atoms with Crippen molar-refractivity contribution in [2.75, 3.05) is 12.8 Å². The van der Waals surface area contributed by atoms with Crippen molar-refractivity contribution in [3.8, 4) is 0 Å². The third-order valence-corrected chi connectivity index (χ3v) is 2.24. The standard InChI is InChI=1S/C4H6N4O2S/c1-11(9,10)3-2-6-4(7-3)8-5/h6H,2H2,1H3. The SMILES string of the molecule is CS(=O)(=O)C1=NC(=[N+]=[N-])NC1. The van der Waals surface area contributed by atoms with Crippen molar-refractivity contribution in [3.63, 3.8) is 0 Å². The van der Waals surface area contributed by atoms with Gasteiger partial charge in [-0.25, -0.2) is 8.42 Å². The van der Waals surface area contributed by atoms with Gasteiger partial charge in [-0.1, -0.05) is 0 Å². The molecule has 0 aromatic heterocycles. The van der Waals surface area contributed by atoms with E-state index in [2.05, 4.69) is 15.1 Å². The highest BCUT2D eigenvalue weighted by molar-refractivity contribution is 8.05. The summed E-state index contributed by atoms with van der Waals surface area (Å²) in [5.41, 5.74) is 8.17. The molecule has 0 radical (unpaired) electrons. The maximum atomic E-state index is 10.8. The zero-order valence-electron chi connectivity index (χ0n) is 5.77. The van der Waals surface area contributed by atoms with E-state index in [1.54, 1.807) is 0 Å². The summed E-state index contributed by atoms with van der Waals surface area (Å²) in [4.78, 5) is 6.20. The van der Waals surface area contributed by atoms with E-state index in [9.17, 15) is 8.42 Å². The number of sulfone groups is 1. The lowest BCUT2D eigenvalue weighted by Gasteiger charge is -1.85. The molecule has 11 heavy (non-hydrogen) atoms. The summed E-state index contributed by atoms with van der Waals surface area (Å²) in [6.45, 7) is 0.0955. The maximum absolute atomic E-state index is 10.8. The summed E-state index contributed by atoms with van der Waals surface area (Å²) in [5, 5.41) is 2.47. The zero-order valence-corrected chi connectivity index (χ0v) is 6.59. The molecule has 0 aromatic carbocycles. The van der Waals surface area contributed by atoms with Crippen molar-refractivity contribution < 1.29 is 13.2 Å². The van der Waals surface area contributed by atoms with Crippen LogP contribution in [0.5, 0.6) is 0 Å². The minimum atomic E-state index is -3.25. The molecule has 0 spiro atoms. The van der Waals surface area contributed by atoms with Crippen molar-refractivity contribution in [2.45, 2.75) is 0 Å². The van der Waals surface area contributed by atoms with Crippen molar-refractivity contribution in [1.29, 1.82) is 0 Å². The lowest BCUT2D eigenvalue weighted by Crippen LogP contribution is -2.22. The summed E-state index contributed by atoms with van der Waals surface area (Å²) in [6.07, 6.45) is 1.05. The Labute approximate surface area is 63.5 Å². The summed E-state index contributed by atoms with van der Waals surface area (Å²) >= 11 is 0. The summed E-state index contributed by atoms with van der Waals surface area (Å²) in [7, 11) is -3.25. The molecular formula is C4H6N4O2S. The molecule has 1 rings (SSSR count). The highest BCUT2D eigenvalue weighted by Crippen LogP contribution is 1.95. The smallest absolute Gasteiger partial charge is 0.466 e. The molecule has 0 bridgehead atoms. The first-order valence-corrected chi connectivity index (χ1v) is 4.67. The molecule has 0 fully saturated rings. The fourth-order valence-electron chi connectivity index (χ4n) is 0.624. The van der Waals surface area contributed by atoms with E-state index in [0.717, 1.165) is 6.26 Å². The van der Waals surface area contributed by atoms with Crippen LogP contribution >= 0.6 is 0 Å². The van der Waals surface area contributed by atoms with Crippen LogP contribution in [-0.2, 0) is 9.84 Å². The Bertz CT molecular complexity index is 348. The van der Waals surface area contributed by atoms with E-state index in [1.165, 1.54) is 0 Å². The Kier molecular flexibility index (Phi) is 1.76. The van der Waals surface area contributed by atoms with Crippen LogP contribution in [0.4, 0.5) is 0 Å². The van der Waals surface area contributed by atoms with Crippen molar-refractivity contribution >= 4 is 20.8 Å². The minimum Gasteiger partial charge on any atom is -0.542 e. The van der Waals surface area contributed by atoms with Crippen molar-refractivity contribution in [1.82, 2.24) is 5.32 Å². The predicted molar refractivity (Wildman–Crippen MR) is 38.9 cm³/mol. The van der Waals surface area contributed by atoms with Gasteiger partial charge in [0, 0.05) is 6.26 Å². The number of hydrogen-bond donors (Lipinski definition) is 1. The van der Waals surface area contributed by atoms with Crippen LogP contribution in [0.2, 0.25) is 0 Å². The molecule has 0 amide bonds. The van der Waals surface area contributed by atoms with Gasteiger partial charge in [-0.2, -0.15) is 0 Å². The molecule has 1 N–H and O–H groups in total. The molecule has 0 saturated carbocycles. The molecule has 0 saturated heterocycles. The maximum Gasteiger partial charge on any atom is 0.466 e. The molecule has 1 aliphatic heterocycles. The fourth-order valence-corrected chi connectivity index (χ4v) is 1.21. The van der Waals surface area contributed by atoms with E-state index >= 15 is 0 Å². The van der Waals surface area contributed by atoms with E-state index in [1.807, 2.05) is 0 Å². The van der Waals surface area contributed by atoms with E-state index in [4.69, 9.17) is 5.53 Å². The number of hydrogen-bond acceptors (Lipinski definition) is 2. The third-order valence-electron chi connectivity index (χ3n) is 1.15. The van der Waals surface area contributed by atoms with E-state index in [0.29, 0.717) is 0 Å².